The number of halogens is 3. The summed E-state index contributed by atoms with van der Waals surface area (Å²) in [5.41, 5.74) is 0.160. The molecule has 1 aliphatic carbocycles. The van der Waals surface area contributed by atoms with Crippen LogP contribution in [-0.2, 0) is 24.4 Å². The van der Waals surface area contributed by atoms with Gasteiger partial charge in [0.25, 0.3) is 0 Å². The van der Waals surface area contributed by atoms with Crippen molar-refractivity contribution in [1.82, 2.24) is 4.90 Å². The Balaban J connectivity index is 1.42. The number of hydrogen-bond acceptors (Lipinski definition) is 6. The van der Waals surface area contributed by atoms with Gasteiger partial charge in [-0.3, -0.25) is 4.79 Å². The molecule has 5 aliphatic heterocycles. The number of piperidine rings is 1. The van der Waals surface area contributed by atoms with Crippen LogP contribution in [0.3, 0.4) is 0 Å². The van der Waals surface area contributed by atoms with E-state index < -0.39 is 20.9 Å². The van der Waals surface area contributed by atoms with Crippen molar-refractivity contribution in [3.05, 3.63) is 23.8 Å². The summed E-state index contributed by atoms with van der Waals surface area (Å²) < 4.78 is 21.5. The van der Waals surface area contributed by atoms with Crippen molar-refractivity contribution >= 4 is 52.5 Å². The van der Waals surface area contributed by atoms with Gasteiger partial charge in [0.1, 0.15) is 23.4 Å². The van der Waals surface area contributed by atoms with Gasteiger partial charge in [-0.05, 0) is 31.4 Å². The highest BCUT2D eigenvalue weighted by atomic mass is 35.6. The van der Waals surface area contributed by atoms with Gasteiger partial charge in [0.05, 0.1) is 32.5 Å². The molecular weight excluding hydrogens is 507 g/mol. The molecule has 34 heavy (non-hydrogen) atoms. The number of nitrogens with zero attached hydrogens (tertiary/aromatic N) is 1. The quantitative estimate of drug-likeness (QED) is 0.463. The molecular formula is C23H25Cl3N2O6. The highest BCUT2D eigenvalue weighted by molar-refractivity contribution is 6.67. The Kier molecular flexibility index (Phi) is 5.09. The monoisotopic (exact) mass is 530 g/mol. The van der Waals surface area contributed by atoms with Crippen molar-refractivity contribution in [2.75, 3.05) is 32.2 Å². The number of alkyl halides is 3. The Labute approximate surface area is 212 Å². The third-order valence-corrected chi connectivity index (χ3v) is 8.80. The summed E-state index contributed by atoms with van der Waals surface area (Å²) in [4.78, 5) is 28.6. The first-order chi connectivity index (χ1) is 16.1. The van der Waals surface area contributed by atoms with Crippen LogP contribution in [0.5, 0.6) is 5.75 Å². The second-order valence-corrected chi connectivity index (χ2v) is 12.5. The Hall–Kier alpha value is -1.45. The van der Waals surface area contributed by atoms with Crippen LogP contribution in [0.1, 0.15) is 25.3 Å². The fraction of sp³-hybridized carbons (Fsp3) is 0.652. The van der Waals surface area contributed by atoms with E-state index >= 15 is 0 Å². The number of ether oxygens (including phenoxy) is 4. The molecule has 1 unspecified atom stereocenters. The maximum absolute atomic E-state index is 13.7. The fourth-order valence-corrected chi connectivity index (χ4v) is 7.02. The second-order valence-electron chi connectivity index (χ2n) is 9.95. The molecule has 6 aliphatic rings. The molecule has 1 aromatic rings. The molecule has 4 saturated heterocycles. The Morgan fingerprint density at radius 1 is 1.35 bits per heavy atom. The number of carbonyl (C=O) groups is 2. The number of rotatable bonds is 2. The number of epoxide rings is 1. The molecule has 184 valence electrons. The molecule has 2 amide bonds. The van der Waals surface area contributed by atoms with Crippen LogP contribution < -0.4 is 10.1 Å². The molecule has 2 spiro atoms. The van der Waals surface area contributed by atoms with Crippen molar-refractivity contribution in [3.63, 3.8) is 0 Å². The topological polar surface area (TPSA) is 89.6 Å². The van der Waals surface area contributed by atoms with Crippen molar-refractivity contribution in [3.8, 4) is 5.75 Å². The summed E-state index contributed by atoms with van der Waals surface area (Å²) in [6.07, 6.45) is 0.175. The van der Waals surface area contributed by atoms with Gasteiger partial charge in [0, 0.05) is 29.6 Å². The van der Waals surface area contributed by atoms with Crippen LogP contribution in [-0.4, -0.2) is 71.4 Å². The predicted octanol–water partition coefficient (Wildman–Crippen LogP) is 3.66. The number of benzene rings is 1. The maximum atomic E-state index is 13.7. The Morgan fingerprint density at radius 3 is 2.79 bits per heavy atom. The van der Waals surface area contributed by atoms with Gasteiger partial charge in [0.2, 0.25) is 9.70 Å². The molecule has 8 nitrogen and oxygen atoms in total. The minimum Gasteiger partial charge on any atom is -0.497 e. The van der Waals surface area contributed by atoms with Crippen molar-refractivity contribution in [2.24, 2.45) is 11.8 Å². The second kappa shape index (κ2) is 7.53. The number of fused-ring (bicyclic) bond motifs is 2. The number of nitrogens with one attached hydrogen (secondary N) is 1. The molecule has 7 rings (SSSR count). The first-order valence-corrected chi connectivity index (χ1v) is 12.5. The molecule has 4 bridgehead atoms. The molecule has 5 heterocycles. The molecule has 7 atom stereocenters. The van der Waals surface area contributed by atoms with E-state index in [2.05, 4.69) is 5.32 Å². The van der Waals surface area contributed by atoms with E-state index in [1.807, 2.05) is 25.1 Å². The first kappa shape index (κ1) is 23.0. The maximum Gasteiger partial charge on any atom is 0.410 e. The zero-order valence-electron chi connectivity index (χ0n) is 18.7. The van der Waals surface area contributed by atoms with Crippen LogP contribution in [0.4, 0.5) is 10.5 Å². The van der Waals surface area contributed by atoms with Crippen LogP contribution >= 0.6 is 34.8 Å². The summed E-state index contributed by atoms with van der Waals surface area (Å²) in [7, 11) is 1.59. The zero-order valence-corrected chi connectivity index (χ0v) is 21.0. The van der Waals surface area contributed by atoms with Crippen LogP contribution in [0.25, 0.3) is 0 Å². The van der Waals surface area contributed by atoms with Crippen LogP contribution in [0.2, 0.25) is 0 Å². The average molecular weight is 532 g/mol. The molecule has 1 saturated carbocycles. The van der Waals surface area contributed by atoms with E-state index in [0.717, 1.165) is 5.56 Å². The summed E-state index contributed by atoms with van der Waals surface area (Å²) in [6, 6.07) is 5.31. The number of carbonyl (C=O) groups excluding carboxylic acids is 2. The number of likely N-dealkylation sites (tertiary alicyclic amines) is 1. The summed E-state index contributed by atoms with van der Waals surface area (Å²) in [5.74, 6) is 0.704. The third-order valence-electron chi connectivity index (χ3n) is 8.48. The Bertz CT molecular complexity index is 1070. The van der Waals surface area contributed by atoms with Crippen LogP contribution in [0.15, 0.2) is 18.2 Å². The highest BCUT2D eigenvalue weighted by Gasteiger charge is 2.72. The highest BCUT2D eigenvalue weighted by Crippen LogP contribution is 2.61. The van der Waals surface area contributed by atoms with E-state index in [0.29, 0.717) is 37.4 Å². The smallest absolute Gasteiger partial charge is 0.410 e. The lowest BCUT2D eigenvalue weighted by molar-refractivity contribution is -0.133. The van der Waals surface area contributed by atoms with E-state index in [1.165, 1.54) is 0 Å². The third kappa shape index (κ3) is 3.18. The average Bonchev–Trinajstić information content (AvgIpc) is 3.42. The largest absolute Gasteiger partial charge is 0.497 e. The molecule has 5 fully saturated rings. The van der Waals surface area contributed by atoms with Crippen molar-refractivity contribution in [1.29, 1.82) is 0 Å². The lowest BCUT2D eigenvalue weighted by Gasteiger charge is -2.48. The normalized spacial score (nSPS) is 39.6. The molecule has 1 aromatic carbocycles. The number of hydrogen-bond donors (Lipinski definition) is 1. The fourth-order valence-electron chi connectivity index (χ4n) is 6.85. The standard InChI is InChI=1S/C23H25Cl3N2O6/c1-11-22(34-11)9-28(20(30)33-10-23(24,25)26)17-7-21(18-6-15(22)13(17)8-32-18)14-4-3-12(31-2)5-16(14)27-19(21)29/h3-5,11,13,15,17-18H,6-10H2,1-2H3,(H,27,29)/t11-,13-,15+,17?,18-,21-,22-/m0/s1. The SMILES string of the molecule is COc1ccc2c(c1)NC(=O)[C@@]21CC2[C@H]3CO[C@H]1C[C@H]3[C@@]1(CN2C(=O)OCC(Cl)(Cl)Cl)O[C@H]1C. The van der Waals surface area contributed by atoms with Gasteiger partial charge in [-0.15, -0.1) is 0 Å². The predicted molar refractivity (Wildman–Crippen MR) is 125 cm³/mol. The zero-order chi connectivity index (χ0) is 24.0. The van der Waals surface area contributed by atoms with Crippen molar-refractivity contribution in [2.45, 2.75) is 52.8 Å². The minimum absolute atomic E-state index is 0.00438. The van der Waals surface area contributed by atoms with E-state index in [-0.39, 0.29) is 42.6 Å². The van der Waals surface area contributed by atoms with E-state index in [9.17, 15) is 9.59 Å². The lowest BCUT2D eigenvalue weighted by Crippen LogP contribution is -2.61. The number of amides is 2. The lowest BCUT2D eigenvalue weighted by atomic mass is 9.70. The van der Waals surface area contributed by atoms with Gasteiger partial charge in [-0.1, -0.05) is 40.9 Å². The summed E-state index contributed by atoms with van der Waals surface area (Å²) >= 11 is 17.5. The Morgan fingerprint density at radius 2 is 2.12 bits per heavy atom. The summed E-state index contributed by atoms with van der Waals surface area (Å²) in [5, 5.41) is 3.04. The number of anilines is 1. The van der Waals surface area contributed by atoms with Gasteiger partial charge >= 0.3 is 6.09 Å². The molecule has 1 N–H and O–H groups in total. The van der Waals surface area contributed by atoms with Crippen molar-refractivity contribution < 1.29 is 28.5 Å². The van der Waals surface area contributed by atoms with E-state index in [4.69, 9.17) is 53.8 Å². The molecule has 0 aromatic heterocycles. The van der Waals surface area contributed by atoms with Gasteiger partial charge in [-0.2, -0.15) is 0 Å². The summed E-state index contributed by atoms with van der Waals surface area (Å²) in [6.45, 7) is 2.46. The minimum atomic E-state index is -1.72. The molecule has 11 heteroatoms. The van der Waals surface area contributed by atoms with Gasteiger partial charge < -0.3 is 29.2 Å². The van der Waals surface area contributed by atoms with Gasteiger partial charge in [0.15, 0.2) is 0 Å². The number of methoxy groups -OCH3 is 1. The molecule has 0 radical (unpaired) electrons. The van der Waals surface area contributed by atoms with Gasteiger partial charge in [-0.25, -0.2) is 4.79 Å². The van der Waals surface area contributed by atoms with Crippen LogP contribution in [0, 0.1) is 11.8 Å². The van der Waals surface area contributed by atoms with E-state index in [1.54, 1.807) is 12.0 Å². The first-order valence-electron chi connectivity index (χ1n) is 11.4.